The number of piperidine rings is 1. The molecule has 1 fully saturated rings. The second-order valence-corrected chi connectivity index (χ2v) is 5.82. The van der Waals surface area contributed by atoms with Crippen LogP contribution in [0, 0.1) is 6.92 Å². The van der Waals surface area contributed by atoms with E-state index in [-0.39, 0.29) is 12.0 Å². The van der Waals surface area contributed by atoms with Gasteiger partial charge in [-0.3, -0.25) is 4.79 Å². The van der Waals surface area contributed by atoms with Gasteiger partial charge in [0.2, 0.25) is 5.91 Å². The molecule has 5 nitrogen and oxygen atoms in total. The molecule has 5 heteroatoms. The molecule has 1 saturated heterocycles. The Morgan fingerprint density at radius 1 is 1.52 bits per heavy atom. The van der Waals surface area contributed by atoms with Gasteiger partial charge in [0.05, 0.1) is 6.10 Å². The second kappa shape index (κ2) is 7.43. The third-order valence-corrected chi connectivity index (χ3v) is 3.89. The number of β-amino-alcohol motifs (C(OH)–C–C–N with tert-alkyl or cyclic N) is 1. The standard InChI is InChI=1S/C16H25N3O2/c1-12-6-7-13(17)10-15(12)18-16(21)5-3-9-19-8-2-4-14(20)11-19/h6-7,10,14,20H,2-5,8-9,11,17H2,1H3,(H,18,21). The molecule has 4 N–H and O–H groups in total. The zero-order valence-electron chi connectivity index (χ0n) is 12.6. The summed E-state index contributed by atoms with van der Waals surface area (Å²) in [6.45, 7) is 4.56. The largest absolute Gasteiger partial charge is 0.399 e. The molecule has 1 unspecified atom stereocenters. The number of nitrogen functional groups attached to an aromatic ring is 1. The molecule has 2 rings (SSSR count). The first-order chi connectivity index (χ1) is 10.0. The molecule has 116 valence electrons. The number of nitrogens with one attached hydrogen (secondary N) is 1. The van der Waals surface area contributed by atoms with Gasteiger partial charge >= 0.3 is 0 Å². The molecule has 0 bridgehead atoms. The van der Waals surface area contributed by atoms with Crippen molar-refractivity contribution in [3.63, 3.8) is 0 Å². The molecule has 0 aliphatic carbocycles. The lowest BCUT2D eigenvalue weighted by atomic mass is 10.1. The lowest BCUT2D eigenvalue weighted by Crippen LogP contribution is -2.38. The van der Waals surface area contributed by atoms with Gasteiger partial charge in [-0.05, 0) is 57.0 Å². The fraction of sp³-hybridized carbons (Fsp3) is 0.562. The summed E-state index contributed by atoms with van der Waals surface area (Å²) >= 11 is 0. The van der Waals surface area contributed by atoms with Crippen molar-refractivity contribution in [2.45, 2.75) is 38.7 Å². The van der Waals surface area contributed by atoms with Crippen LogP contribution in [0.2, 0.25) is 0 Å². The quantitative estimate of drug-likeness (QED) is 0.722. The highest BCUT2D eigenvalue weighted by Crippen LogP contribution is 2.18. The SMILES string of the molecule is Cc1ccc(N)cc1NC(=O)CCCN1CCCC(O)C1. The van der Waals surface area contributed by atoms with Gasteiger partial charge in [-0.25, -0.2) is 0 Å². The first-order valence-electron chi connectivity index (χ1n) is 7.61. The van der Waals surface area contributed by atoms with E-state index in [0.717, 1.165) is 50.1 Å². The van der Waals surface area contributed by atoms with Gasteiger partial charge < -0.3 is 21.1 Å². The molecule has 1 aromatic carbocycles. The Morgan fingerprint density at radius 3 is 3.10 bits per heavy atom. The Bertz CT molecular complexity index is 490. The maximum Gasteiger partial charge on any atom is 0.224 e. The van der Waals surface area contributed by atoms with E-state index in [2.05, 4.69) is 10.2 Å². The zero-order valence-corrected chi connectivity index (χ0v) is 12.6. The van der Waals surface area contributed by atoms with Crippen LogP contribution in [0.5, 0.6) is 0 Å². The van der Waals surface area contributed by atoms with Crippen molar-refractivity contribution in [2.24, 2.45) is 0 Å². The number of aryl methyl sites for hydroxylation is 1. The van der Waals surface area contributed by atoms with Gasteiger partial charge in [-0.15, -0.1) is 0 Å². The third-order valence-electron chi connectivity index (χ3n) is 3.89. The van der Waals surface area contributed by atoms with Crippen LogP contribution in [0.25, 0.3) is 0 Å². The van der Waals surface area contributed by atoms with Crippen molar-refractivity contribution in [1.29, 1.82) is 0 Å². The molecule has 1 aliphatic heterocycles. The number of benzene rings is 1. The fourth-order valence-corrected chi connectivity index (χ4v) is 2.68. The molecule has 1 aromatic rings. The maximum atomic E-state index is 12.0. The van der Waals surface area contributed by atoms with Gasteiger partial charge in [-0.2, -0.15) is 0 Å². The summed E-state index contributed by atoms with van der Waals surface area (Å²) in [6.07, 6.45) is 3.02. The van der Waals surface area contributed by atoms with E-state index in [0.29, 0.717) is 12.1 Å². The van der Waals surface area contributed by atoms with Crippen molar-refractivity contribution in [2.75, 3.05) is 30.7 Å². The average Bonchev–Trinajstić information content (AvgIpc) is 2.43. The number of likely N-dealkylation sites (tertiary alicyclic amines) is 1. The molecular weight excluding hydrogens is 266 g/mol. The van der Waals surface area contributed by atoms with Crippen molar-refractivity contribution in [3.05, 3.63) is 23.8 Å². The first-order valence-corrected chi connectivity index (χ1v) is 7.61. The van der Waals surface area contributed by atoms with Gasteiger partial charge in [0.25, 0.3) is 0 Å². The predicted octanol–water partition coefficient (Wildman–Crippen LogP) is 1.75. The number of carbonyl (C=O) groups is 1. The van der Waals surface area contributed by atoms with Crippen LogP contribution in [-0.2, 0) is 4.79 Å². The van der Waals surface area contributed by atoms with E-state index < -0.39 is 0 Å². The molecule has 0 saturated carbocycles. The number of hydrogen-bond donors (Lipinski definition) is 3. The number of rotatable bonds is 5. The Labute approximate surface area is 126 Å². The Hall–Kier alpha value is -1.59. The van der Waals surface area contributed by atoms with Crippen LogP contribution in [-0.4, -0.2) is 41.7 Å². The molecule has 1 aliphatic rings. The van der Waals surface area contributed by atoms with Crippen molar-refractivity contribution in [1.82, 2.24) is 4.90 Å². The lowest BCUT2D eigenvalue weighted by molar-refractivity contribution is -0.116. The fourth-order valence-electron chi connectivity index (χ4n) is 2.68. The molecule has 0 radical (unpaired) electrons. The second-order valence-electron chi connectivity index (χ2n) is 5.82. The minimum atomic E-state index is -0.206. The summed E-state index contributed by atoms with van der Waals surface area (Å²) in [5.74, 6) is 0.0151. The Balaban J connectivity index is 1.73. The summed E-state index contributed by atoms with van der Waals surface area (Å²) in [6, 6.07) is 5.51. The summed E-state index contributed by atoms with van der Waals surface area (Å²) in [4.78, 5) is 14.2. The number of nitrogens with zero attached hydrogens (tertiary/aromatic N) is 1. The smallest absolute Gasteiger partial charge is 0.224 e. The number of hydrogen-bond acceptors (Lipinski definition) is 4. The number of nitrogens with two attached hydrogens (primary N) is 1. The number of anilines is 2. The Kier molecular flexibility index (Phi) is 5.59. The van der Waals surface area contributed by atoms with E-state index in [1.807, 2.05) is 19.1 Å². The number of aliphatic hydroxyl groups excluding tert-OH is 1. The van der Waals surface area contributed by atoms with E-state index >= 15 is 0 Å². The van der Waals surface area contributed by atoms with Crippen LogP contribution in [0.4, 0.5) is 11.4 Å². The predicted molar refractivity (Wildman–Crippen MR) is 85.1 cm³/mol. The lowest BCUT2D eigenvalue weighted by Gasteiger charge is -2.29. The highest BCUT2D eigenvalue weighted by atomic mass is 16.3. The topological polar surface area (TPSA) is 78.6 Å². The Morgan fingerprint density at radius 2 is 2.33 bits per heavy atom. The van der Waals surface area contributed by atoms with Crippen molar-refractivity contribution >= 4 is 17.3 Å². The monoisotopic (exact) mass is 291 g/mol. The molecule has 1 heterocycles. The molecule has 0 spiro atoms. The number of aliphatic hydroxyl groups is 1. The van der Waals surface area contributed by atoms with E-state index in [4.69, 9.17) is 5.73 Å². The van der Waals surface area contributed by atoms with Crippen LogP contribution < -0.4 is 11.1 Å². The van der Waals surface area contributed by atoms with Crippen LogP contribution in [0.3, 0.4) is 0 Å². The molecule has 1 amide bonds. The summed E-state index contributed by atoms with van der Waals surface area (Å²) in [7, 11) is 0. The van der Waals surface area contributed by atoms with Crippen LogP contribution >= 0.6 is 0 Å². The van der Waals surface area contributed by atoms with Gasteiger partial charge in [-0.1, -0.05) is 6.07 Å². The van der Waals surface area contributed by atoms with E-state index in [1.54, 1.807) is 6.07 Å². The number of amides is 1. The van der Waals surface area contributed by atoms with E-state index in [1.165, 1.54) is 0 Å². The molecule has 1 atom stereocenters. The van der Waals surface area contributed by atoms with Crippen LogP contribution in [0.1, 0.15) is 31.2 Å². The minimum absolute atomic E-state index is 0.0151. The zero-order chi connectivity index (χ0) is 15.2. The molecule has 0 aromatic heterocycles. The normalized spacial score (nSPS) is 19.4. The third kappa shape index (κ3) is 5.02. The summed E-state index contributed by atoms with van der Waals surface area (Å²) in [5.41, 5.74) is 8.18. The van der Waals surface area contributed by atoms with E-state index in [9.17, 15) is 9.90 Å². The molecular formula is C16H25N3O2. The highest BCUT2D eigenvalue weighted by molar-refractivity contribution is 5.91. The minimum Gasteiger partial charge on any atom is -0.399 e. The van der Waals surface area contributed by atoms with Crippen molar-refractivity contribution in [3.8, 4) is 0 Å². The van der Waals surface area contributed by atoms with Gasteiger partial charge in [0.15, 0.2) is 0 Å². The number of carbonyl (C=O) groups excluding carboxylic acids is 1. The first kappa shape index (κ1) is 15.8. The molecule has 21 heavy (non-hydrogen) atoms. The summed E-state index contributed by atoms with van der Waals surface area (Å²) < 4.78 is 0. The van der Waals surface area contributed by atoms with Gasteiger partial charge in [0, 0.05) is 24.3 Å². The van der Waals surface area contributed by atoms with Crippen molar-refractivity contribution < 1.29 is 9.90 Å². The average molecular weight is 291 g/mol. The summed E-state index contributed by atoms with van der Waals surface area (Å²) in [5, 5.41) is 12.5. The maximum absolute atomic E-state index is 12.0. The van der Waals surface area contributed by atoms with Crippen LogP contribution in [0.15, 0.2) is 18.2 Å². The highest BCUT2D eigenvalue weighted by Gasteiger charge is 2.17. The van der Waals surface area contributed by atoms with Gasteiger partial charge in [0.1, 0.15) is 0 Å².